The van der Waals surface area contributed by atoms with Crippen LogP contribution in [0.1, 0.15) is 0 Å². The summed E-state index contributed by atoms with van der Waals surface area (Å²) in [6, 6.07) is 0. The van der Waals surface area contributed by atoms with E-state index in [1.807, 2.05) is 0 Å². The number of hydrogen-bond acceptors (Lipinski definition) is 1. The van der Waals surface area contributed by atoms with Gasteiger partial charge in [-0.1, -0.05) is 0 Å². The maximum absolute atomic E-state index is 9.19. The van der Waals surface area contributed by atoms with Crippen molar-refractivity contribution in [2.24, 2.45) is 0 Å². The Kier molecular flexibility index (Phi) is 10.5. The zero-order valence-electron chi connectivity index (χ0n) is 2.36. The number of rotatable bonds is 0. The van der Waals surface area contributed by atoms with Gasteiger partial charge in [-0.15, -0.1) is 0 Å². The zero-order valence-corrected chi connectivity index (χ0v) is 3.36. The molecule has 0 saturated carbocycles. The minimum atomic E-state index is -2.13. The first kappa shape index (κ1) is 9.67. The minimum absolute atomic E-state index is 0. The second-order valence-corrected chi connectivity index (χ2v) is 1.56. The Balaban J connectivity index is 0. The van der Waals surface area contributed by atoms with Crippen molar-refractivity contribution in [1.29, 1.82) is 0 Å². The van der Waals surface area contributed by atoms with Gasteiger partial charge in [0.25, 0.3) is 0 Å². The van der Waals surface area contributed by atoms with Crippen molar-refractivity contribution in [2.45, 2.75) is 0 Å². The van der Waals surface area contributed by atoms with Crippen LogP contribution < -0.4 is 0 Å². The molecule has 2 nitrogen and oxygen atoms in total. The Labute approximate surface area is 61.4 Å². The van der Waals surface area contributed by atoms with E-state index < -0.39 is 8.03 Å². The molecule has 4 heteroatoms. The summed E-state index contributed by atoms with van der Waals surface area (Å²) in [5.41, 5.74) is 0. The van der Waals surface area contributed by atoms with Gasteiger partial charge in [-0.25, -0.2) is 0 Å². The molecule has 0 fully saturated rings. The average Bonchev–Trinajstić information content (AvgIpc) is 0.811. The first-order chi connectivity index (χ1) is 1.73. The molecule has 1 atom stereocenters. The molecule has 5 heavy (non-hydrogen) atoms. The summed E-state index contributed by atoms with van der Waals surface area (Å²) in [7, 11) is -2.13. The van der Waals surface area contributed by atoms with E-state index in [4.69, 9.17) is 4.89 Å². The van der Waals surface area contributed by atoms with Gasteiger partial charge >= 0.3 is 37.7 Å². The fourth-order valence-corrected chi connectivity index (χ4v) is 0. The summed E-state index contributed by atoms with van der Waals surface area (Å²) in [6.07, 6.45) is 0. The predicted molar refractivity (Wildman–Crippen MR) is 25.7 cm³/mol. The van der Waals surface area contributed by atoms with Crippen molar-refractivity contribution < 1.29 is 9.46 Å². The normalized spacial score (nSPS) is 12.4. The van der Waals surface area contributed by atoms with E-state index in [0.29, 0.717) is 0 Å². The Bertz CT molecular complexity index is 32.6. The molecule has 30 valence electrons. The second kappa shape index (κ2) is 5.45. The molecule has 1 unspecified atom stereocenters. The first-order valence-corrected chi connectivity index (χ1v) is 2.78. The van der Waals surface area contributed by atoms with E-state index in [-0.39, 0.29) is 37.7 Å². The third-order valence-electron chi connectivity index (χ3n) is 0. The fraction of sp³-hybridized carbons (Fsp3) is 1.00. The molecule has 0 heterocycles. The van der Waals surface area contributed by atoms with Crippen LogP contribution in [0.3, 0.4) is 0 Å². The Hall–Kier alpha value is 1.45. The first-order valence-electron chi connectivity index (χ1n) is 0.928. The van der Waals surface area contributed by atoms with E-state index in [9.17, 15) is 4.57 Å². The average molecular weight is 122 g/mol. The van der Waals surface area contributed by atoms with E-state index >= 15 is 0 Å². The van der Waals surface area contributed by atoms with Gasteiger partial charge in [-0.3, -0.25) is 4.57 Å². The van der Waals surface area contributed by atoms with Gasteiger partial charge < -0.3 is 4.89 Å². The fourth-order valence-electron chi connectivity index (χ4n) is 0. The van der Waals surface area contributed by atoms with Crippen LogP contribution in [-0.4, -0.2) is 49.3 Å². The molecule has 0 bridgehead atoms. The van der Waals surface area contributed by atoms with Gasteiger partial charge in [0.2, 0.25) is 0 Å². The van der Waals surface area contributed by atoms with Gasteiger partial charge in [0.15, 0.2) is 8.03 Å². The van der Waals surface area contributed by atoms with Crippen molar-refractivity contribution in [3.63, 3.8) is 0 Å². The molecule has 0 aromatic carbocycles. The van der Waals surface area contributed by atoms with Crippen molar-refractivity contribution in [3.8, 4) is 0 Å². The SMILES string of the molecule is C[PH](=O)O.[CaH2]. The molecule has 0 saturated heterocycles. The van der Waals surface area contributed by atoms with Crippen molar-refractivity contribution in [1.82, 2.24) is 0 Å². The molecule has 0 aliphatic heterocycles. The van der Waals surface area contributed by atoms with Crippen LogP contribution in [0.15, 0.2) is 0 Å². The predicted octanol–water partition coefficient (Wildman–Crippen LogP) is -0.833. The maximum atomic E-state index is 9.19. The Morgan fingerprint density at radius 1 is 1.80 bits per heavy atom. The third-order valence-corrected chi connectivity index (χ3v) is 0. The van der Waals surface area contributed by atoms with E-state index in [0.717, 1.165) is 0 Å². The van der Waals surface area contributed by atoms with Gasteiger partial charge in [0.1, 0.15) is 0 Å². The second-order valence-electron chi connectivity index (χ2n) is 0.519. The van der Waals surface area contributed by atoms with Crippen LogP contribution in [0.4, 0.5) is 0 Å². The molecular weight excluding hydrogens is 115 g/mol. The Morgan fingerprint density at radius 2 is 1.80 bits per heavy atom. The van der Waals surface area contributed by atoms with Crippen molar-refractivity contribution >= 4 is 45.8 Å². The zero-order chi connectivity index (χ0) is 3.58. The molecule has 0 radical (unpaired) electrons. The standard InChI is InChI=1S/CH5O2P.Ca.2H/c1-4(2)3;;;/h4H,1H3,(H,2,3);;;. The summed E-state index contributed by atoms with van der Waals surface area (Å²) < 4.78 is 9.19. The Morgan fingerprint density at radius 3 is 1.80 bits per heavy atom. The van der Waals surface area contributed by atoms with Gasteiger partial charge in [0, 0.05) is 6.66 Å². The van der Waals surface area contributed by atoms with Gasteiger partial charge in [0.05, 0.1) is 0 Å². The summed E-state index contributed by atoms with van der Waals surface area (Å²) in [5, 5.41) is 0. The summed E-state index contributed by atoms with van der Waals surface area (Å²) in [4.78, 5) is 7.60. The molecular formula is CH7CaO2P. The van der Waals surface area contributed by atoms with Crippen molar-refractivity contribution in [2.75, 3.05) is 6.66 Å². The van der Waals surface area contributed by atoms with Gasteiger partial charge in [-0.2, -0.15) is 0 Å². The van der Waals surface area contributed by atoms with E-state index in [1.165, 1.54) is 6.66 Å². The van der Waals surface area contributed by atoms with E-state index in [2.05, 4.69) is 0 Å². The van der Waals surface area contributed by atoms with Crippen molar-refractivity contribution in [3.05, 3.63) is 0 Å². The van der Waals surface area contributed by atoms with Crippen LogP contribution in [0.5, 0.6) is 0 Å². The molecule has 0 aromatic heterocycles. The summed E-state index contributed by atoms with van der Waals surface area (Å²) >= 11 is 0. The molecule has 0 aliphatic rings. The van der Waals surface area contributed by atoms with Crippen LogP contribution in [0, 0.1) is 0 Å². The number of hydrogen-bond donors (Lipinski definition) is 1. The molecule has 0 rings (SSSR count). The topological polar surface area (TPSA) is 37.3 Å². The van der Waals surface area contributed by atoms with Crippen LogP contribution >= 0.6 is 8.03 Å². The summed E-state index contributed by atoms with van der Waals surface area (Å²) in [6.45, 7) is 1.27. The molecule has 1 N–H and O–H groups in total. The van der Waals surface area contributed by atoms with E-state index in [1.54, 1.807) is 0 Å². The molecule has 0 aromatic rings. The molecule has 0 spiro atoms. The summed E-state index contributed by atoms with van der Waals surface area (Å²) in [5.74, 6) is 0. The monoisotopic (exact) mass is 122 g/mol. The van der Waals surface area contributed by atoms with Crippen LogP contribution in [-0.2, 0) is 4.57 Å². The van der Waals surface area contributed by atoms with Crippen LogP contribution in [0.2, 0.25) is 0 Å². The van der Waals surface area contributed by atoms with Gasteiger partial charge in [-0.05, 0) is 0 Å². The van der Waals surface area contributed by atoms with Crippen LogP contribution in [0.25, 0.3) is 0 Å². The quantitative estimate of drug-likeness (QED) is 0.336. The molecule has 0 amide bonds. The molecule has 0 aliphatic carbocycles. The third kappa shape index (κ3) is 30.9.